The van der Waals surface area contributed by atoms with Gasteiger partial charge in [0, 0.05) is 13.1 Å². The minimum Gasteiger partial charge on any atom is -0.394 e. The first kappa shape index (κ1) is 17.6. The molecule has 1 heterocycles. The molecule has 3 N–H and O–H groups in total. The van der Waals surface area contributed by atoms with Crippen LogP contribution in [0.2, 0.25) is 0 Å². The maximum absolute atomic E-state index is 12.0. The number of amides is 1. The van der Waals surface area contributed by atoms with E-state index in [2.05, 4.69) is 48.5 Å². The Hall–Kier alpha value is -2.17. The molecule has 4 nitrogen and oxygen atoms in total. The molecule has 2 aromatic rings. The summed E-state index contributed by atoms with van der Waals surface area (Å²) in [7, 11) is 0. The molecule has 1 aliphatic rings. The molecule has 1 unspecified atom stereocenters. The second kappa shape index (κ2) is 8.28. The Labute approximate surface area is 149 Å². The quantitative estimate of drug-likeness (QED) is 0.880. The van der Waals surface area contributed by atoms with E-state index < -0.39 is 6.04 Å². The molecule has 4 heteroatoms. The standard InChI is InChI=1S/C21H26N2O2/c22-20(15-24)21(25)23-12-10-17(11-13-23)14-16-6-8-19(9-7-16)18-4-2-1-3-5-18/h1-9,17,20,24H,10-15,22H2. The van der Waals surface area contributed by atoms with Crippen molar-refractivity contribution in [3.8, 4) is 11.1 Å². The number of hydrogen-bond donors (Lipinski definition) is 2. The van der Waals surface area contributed by atoms with E-state index in [1.54, 1.807) is 4.90 Å². The first-order valence-electron chi connectivity index (χ1n) is 8.97. The van der Waals surface area contributed by atoms with Crippen molar-refractivity contribution >= 4 is 5.91 Å². The van der Waals surface area contributed by atoms with Crippen molar-refractivity contribution in [2.45, 2.75) is 25.3 Å². The van der Waals surface area contributed by atoms with Gasteiger partial charge in [-0.15, -0.1) is 0 Å². The van der Waals surface area contributed by atoms with Crippen molar-refractivity contribution in [1.82, 2.24) is 4.90 Å². The van der Waals surface area contributed by atoms with E-state index >= 15 is 0 Å². The lowest BCUT2D eigenvalue weighted by Crippen LogP contribution is -2.48. The molecule has 1 saturated heterocycles. The zero-order valence-corrected chi connectivity index (χ0v) is 14.5. The molecule has 0 aromatic heterocycles. The summed E-state index contributed by atoms with van der Waals surface area (Å²) in [5.74, 6) is 0.463. The van der Waals surface area contributed by atoms with E-state index in [0.717, 1.165) is 32.4 Å². The Bertz CT molecular complexity index is 677. The van der Waals surface area contributed by atoms with Gasteiger partial charge in [-0.05, 0) is 41.9 Å². The van der Waals surface area contributed by atoms with Crippen molar-refractivity contribution in [2.24, 2.45) is 11.7 Å². The van der Waals surface area contributed by atoms with Crippen LogP contribution in [0.15, 0.2) is 54.6 Å². The summed E-state index contributed by atoms with van der Waals surface area (Å²) in [4.78, 5) is 13.8. The number of aliphatic hydroxyl groups is 1. The molecular formula is C21H26N2O2. The molecule has 0 radical (unpaired) electrons. The fourth-order valence-corrected chi connectivity index (χ4v) is 3.47. The van der Waals surface area contributed by atoms with Crippen molar-refractivity contribution in [2.75, 3.05) is 19.7 Å². The van der Waals surface area contributed by atoms with Crippen molar-refractivity contribution in [3.63, 3.8) is 0 Å². The molecule has 1 aliphatic heterocycles. The van der Waals surface area contributed by atoms with Gasteiger partial charge in [0.2, 0.25) is 5.91 Å². The molecule has 132 valence electrons. The molecule has 0 aliphatic carbocycles. The van der Waals surface area contributed by atoms with E-state index in [1.807, 2.05) is 6.07 Å². The number of hydrogen-bond acceptors (Lipinski definition) is 3. The molecule has 0 bridgehead atoms. The van der Waals surface area contributed by atoms with Crippen LogP contribution in [-0.2, 0) is 11.2 Å². The highest BCUT2D eigenvalue weighted by Gasteiger charge is 2.25. The smallest absolute Gasteiger partial charge is 0.241 e. The van der Waals surface area contributed by atoms with Gasteiger partial charge >= 0.3 is 0 Å². The van der Waals surface area contributed by atoms with Gasteiger partial charge < -0.3 is 15.7 Å². The van der Waals surface area contributed by atoms with Gasteiger partial charge in [0.05, 0.1) is 6.61 Å². The number of nitrogens with zero attached hydrogens (tertiary/aromatic N) is 1. The van der Waals surface area contributed by atoms with Crippen LogP contribution in [0, 0.1) is 5.92 Å². The van der Waals surface area contributed by atoms with Crippen LogP contribution in [0.3, 0.4) is 0 Å². The average Bonchev–Trinajstić information content (AvgIpc) is 2.68. The first-order chi connectivity index (χ1) is 12.2. The molecular weight excluding hydrogens is 312 g/mol. The third-order valence-corrected chi connectivity index (χ3v) is 5.03. The number of piperidine rings is 1. The number of aliphatic hydroxyl groups excluding tert-OH is 1. The third-order valence-electron chi connectivity index (χ3n) is 5.03. The zero-order chi connectivity index (χ0) is 17.6. The van der Waals surface area contributed by atoms with E-state index in [9.17, 15) is 4.79 Å². The third kappa shape index (κ3) is 4.47. The van der Waals surface area contributed by atoms with Gasteiger partial charge in [0.1, 0.15) is 6.04 Å². The van der Waals surface area contributed by atoms with Crippen LogP contribution >= 0.6 is 0 Å². The van der Waals surface area contributed by atoms with Crippen LogP contribution in [0.5, 0.6) is 0 Å². The van der Waals surface area contributed by atoms with Crippen LogP contribution < -0.4 is 5.73 Å². The first-order valence-corrected chi connectivity index (χ1v) is 8.97. The monoisotopic (exact) mass is 338 g/mol. The lowest BCUT2D eigenvalue weighted by atomic mass is 9.89. The number of likely N-dealkylation sites (tertiary alicyclic amines) is 1. The van der Waals surface area contributed by atoms with Gasteiger partial charge in [0.25, 0.3) is 0 Å². The van der Waals surface area contributed by atoms with Gasteiger partial charge in [-0.3, -0.25) is 4.79 Å². The van der Waals surface area contributed by atoms with E-state index in [0.29, 0.717) is 5.92 Å². The lowest BCUT2D eigenvalue weighted by Gasteiger charge is -2.33. The van der Waals surface area contributed by atoms with E-state index in [-0.39, 0.29) is 12.5 Å². The largest absolute Gasteiger partial charge is 0.394 e. The van der Waals surface area contributed by atoms with Crippen LogP contribution in [0.1, 0.15) is 18.4 Å². The second-order valence-corrected chi connectivity index (χ2v) is 6.82. The summed E-state index contributed by atoms with van der Waals surface area (Å²) >= 11 is 0. The lowest BCUT2D eigenvalue weighted by molar-refractivity contribution is -0.134. The zero-order valence-electron chi connectivity index (χ0n) is 14.5. The normalized spacial score (nSPS) is 16.6. The molecule has 1 fully saturated rings. The van der Waals surface area contributed by atoms with Gasteiger partial charge in [-0.2, -0.15) is 0 Å². The van der Waals surface area contributed by atoms with E-state index in [1.165, 1.54) is 16.7 Å². The maximum atomic E-state index is 12.0. The summed E-state index contributed by atoms with van der Waals surface area (Å²) in [6.45, 7) is 1.19. The van der Waals surface area contributed by atoms with Crippen molar-refractivity contribution in [3.05, 3.63) is 60.2 Å². The van der Waals surface area contributed by atoms with Crippen LogP contribution in [-0.4, -0.2) is 41.7 Å². The fourth-order valence-electron chi connectivity index (χ4n) is 3.47. The predicted molar refractivity (Wildman–Crippen MR) is 99.9 cm³/mol. The highest BCUT2D eigenvalue weighted by atomic mass is 16.3. The van der Waals surface area contributed by atoms with Crippen molar-refractivity contribution in [1.29, 1.82) is 0 Å². The molecule has 0 spiro atoms. The number of carbonyl (C=O) groups is 1. The summed E-state index contributed by atoms with van der Waals surface area (Å²) in [5.41, 5.74) is 9.45. The minimum absolute atomic E-state index is 0.131. The maximum Gasteiger partial charge on any atom is 0.241 e. The molecule has 25 heavy (non-hydrogen) atoms. The number of nitrogens with two attached hydrogens (primary N) is 1. The second-order valence-electron chi connectivity index (χ2n) is 6.82. The Balaban J connectivity index is 1.53. The fraction of sp³-hybridized carbons (Fsp3) is 0.381. The number of carbonyl (C=O) groups excluding carboxylic acids is 1. The van der Waals surface area contributed by atoms with Gasteiger partial charge in [-0.25, -0.2) is 0 Å². The molecule has 1 amide bonds. The van der Waals surface area contributed by atoms with E-state index in [4.69, 9.17) is 10.8 Å². The number of rotatable bonds is 5. The Morgan fingerprint density at radius 2 is 1.64 bits per heavy atom. The summed E-state index contributed by atoms with van der Waals surface area (Å²) in [6, 6.07) is 18.4. The minimum atomic E-state index is -0.776. The van der Waals surface area contributed by atoms with Crippen LogP contribution in [0.4, 0.5) is 0 Å². The highest BCUT2D eigenvalue weighted by Crippen LogP contribution is 2.24. The molecule has 0 saturated carbocycles. The summed E-state index contributed by atoms with van der Waals surface area (Å²) < 4.78 is 0. The average molecular weight is 338 g/mol. The molecule has 1 atom stereocenters. The van der Waals surface area contributed by atoms with Gasteiger partial charge in [-0.1, -0.05) is 54.6 Å². The Morgan fingerprint density at radius 1 is 1.04 bits per heavy atom. The Morgan fingerprint density at radius 3 is 2.24 bits per heavy atom. The highest BCUT2D eigenvalue weighted by molar-refractivity contribution is 5.81. The summed E-state index contributed by atoms with van der Waals surface area (Å²) in [6.07, 6.45) is 3.03. The Kier molecular flexibility index (Phi) is 5.84. The molecule has 2 aromatic carbocycles. The van der Waals surface area contributed by atoms with Crippen LogP contribution in [0.25, 0.3) is 11.1 Å². The topological polar surface area (TPSA) is 66.6 Å². The predicted octanol–water partition coefficient (Wildman–Crippen LogP) is 2.45. The SMILES string of the molecule is NC(CO)C(=O)N1CCC(Cc2ccc(-c3ccccc3)cc2)CC1. The number of benzene rings is 2. The van der Waals surface area contributed by atoms with Crippen molar-refractivity contribution < 1.29 is 9.90 Å². The summed E-state index contributed by atoms with van der Waals surface area (Å²) in [5, 5.41) is 9.01. The van der Waals surface area contributed by atoms with Gasteiger partial charge in [0.15, 0.2) is 0 Å². The molecule has 3 rings (SSSR count).